The van der Waals surface area contributed by atoms with Gasteiger partial charge in [0.05, 0.1) is 6.61 Å². The van der Waals surface area contributed by atoms with Crippen LogP contribution in [0.25, 0.3) is 0 Å². The number of guanidine groups is 1. The lowest BCUT2D eigenvalue weighted by molar-refractivity contribution is 0.0963. The summed E-state index contributed by atoms with van der Waals surface area (Å²) >= 11 is 0. The summed E-state index contributed by atoms with van der Waals surface area (Å²) in [6.45, 7) is 4.47. The zero-order valence-corrected chi connectivity index (χ0v) is 18.2. The molecule has 0 aliphatic carbocycles. The van der Waals surface area contributed by atoms with Gasteiger partial charge in [-0.15, -0.1) is 0 Å². The van der Waals surface area contributed by atoms with Crippen molar-refractivity contribution in [1.29, 1.82) is 0 Å². The summed E-state index contributed by atoms with van der Waals surface area (Å²) in [5.41, 5.74) is 3.84. The van der Waals surface area contributed by atoms with Crippen molar-refractivity contribution in [3.8, 4) is 5.75 Å². The Morgan fingerprint density at radius 2 is 1.87 bits per heavy atom. The van der Waals surface area contributed by atoms with E-state index in [0.717, 1.165) is 28.9 Å². The van der Waals surface area contributed by atoms with Crippen LogP contribution in [0.3, 0.4) is 0 Å². The van der Waals surface area contributed by atoms with Gasteiger partial charge in [0.2, 0.25) is 0 Å². The number of benzene rings is 2. The number of amides is 1. The number of aryl methyl sites for hydroxylation is 1. The minimum absolute atomic E-state index is 0.100. The second-order valence-electron chi connectivity index (χ2n) is 6.86. The second-order valence-corrected chi connectivity index (χ2v) is 6.86. The number of hydrogen-bond acceptors (Lipinski definition) is 4. The molecule has 2 rings (SSSR count). The minimum Gasteiger partial charge on any atom is -0.493 e. The Labute approximate surface area is 178 Å². The topological polar surface area (TPSA) is 84.0 Å². The Kier molecular flexibility index (Phi) is 9.67. The van der Waals surface area contributed by atoms with Crippen molar-refractivity contribution in [2.45, 2.75) is 26.4 Å². The Bertz CT molecular complexity index is 852. The summed E-state index contributed by atoms with van der Waals surface area (Å²) in [6, 6.07) is 13.7. The maximum absolute atomic E-state index is 11.8. The van der Waals surface area contributed by atoms with Gasteiger partial charge in [-0.1, -0.05) is 24.3 Å². The Hall–Kier alpha value is -3.06. The van der Waals surface area contributed by atoms with E-state index in [1.807, 2.05) is 31.2 Å². The molecule has 2 aromatic carbocycles. The highest BCUT2D eigenvalue weighted by Crippen LogP contribution is 2.20. The van der Waals surface area contributed by atoms with Crippen LogP contribution in [0.1, 0.15) is 33.5 Å². The molecule has 0 saturated carbocycles. The summed E-state index contributed by atoms with van der Waals surface area (Å²) in [4.78, 5) is 16.1. The van der Waals surface area contributed by atoms with Crippen LogP contribution in [0.4, 0.5) is 0 Å². The maximum atomic E-state index is 11.8. The third-order valence-electron chi connectivity index (χ3n) is 4.52. The molecule has 0 unspecified atom stereocenters. The molecule has 0 saturated heterocycles. The van der Waals surface area contributed by atoms with Gasteiger partial charge in [0.1, 0.15) is 5.75 Å². The average molecular weight is 413 g/mol. The highest BCUT2D eigenvalue weighted by molar-refractivity contribution is 5.94. The fourth-order valence-corrected chi connectivity index (χ4v) is 2.88. The molecule has 0 bridgehead atoms. The van der Waals surface area contributed by atoms with Gasteiger partial charge in [0.15, 0.2) is 5.96 Å². The van der Waals surface area contributed by atoms with Crippen LogP contribution in [-0.2, 0) is 17.8 Å². The molecule has 162 valence electrons. The van der Waals surface area contributed by atoms with Gasteiger partial charge >= 0.3 is 0 Å². The van der Waals surface area contributed by atoms with Crippen molar-refractivity contribution < 1.29 is 14.3 Å². The first-order chi connectivity index (χ1) is 14.6. The Balaban J connectivity index is 1.93. The second kappa shape index (κ2) is 12.5. The van der Waals surface area contributed by atoms with Crippen LogP contribution in [-0.4, -0.2) is 46.3 Å². The molecule has 0 heterocycles. The summed E-state index contributed by atoms with van der Waals surface area (Å²) in [5, 5.41) is 9.24. The normalized spacial score (nSPS) is 11.1. The van der Waals surface area contributed by atoms with Crippen molar-refractivity contribution >= 4 is 11.9 Å². The van der Waals surface area contributed by atoms with E-state index in [0.29, 0.717) is 37.8 Å². The number of carbonyl (C=O) groups excluding carboxylic acids is 1. The lowest BCUT2D eigenvalue weighted by Crippen LogP contribution is -2.36. The van der Waals surface area contributed by atoms with Gasteiger partial charge in [-0.2, -0.15) is 0 Å². The number of methoxy groups -OCH3 is 1. The molecule has 30 heavy (non-hydrogen) atoms. The van der Waals surface area contributed by atoms with Crippen LogP contribution < -0.4 is 20.7 Å². The first-order valence-electron chi connectivity index (χ1n) is 10.0. The highest BCUT2D eigenvalue weighted by atomic mass is 16.5. The molecule has 0 aliphatic rings. The van der Waals surface area contributed by atoms with Crippen molar-refractivity contribution in [3.05, 3.63) is 64.7 Å². The third-order valence-corrected chi connectivity index (χ3v) is 4.52. The number of hydrogen-bond donors (Lipinski definition) is 3. The molecular formula is C23H32N4O3. The summed E-state index contributed by atoms with van der Waals surface area (Å²) < 4.78 is 11.0. The predicted octanol–water partition coefficient (Wildman–Crippen LogP) is 2.64. The highest BCUT2D eigenvalue weighted by Gasteiger charge is 2.07. The molecule has 7 heteroatoms. The standard InChI is InChI=1S/C23H32N4O3/c1-17-9-10-20(21(13-17)30-12-6-11-29-4)16-27-23(25-3)26-15-18-7-5-8-19(14-18)22(28)24-2/h5,7-10,13-14H,6,11-12,15-16H2,1-4H3,(H,24,28)(H2,25,26,27). The molecular weight excluding hydrogens is 380 g/mol. The number of aliphatic imine (C=N–C) groups is 1. The van der Waals surface area contributed by atoms with E-state index in [2.05, 4.69) is 33.1 Å². The van der Waals surface area contributed by atoms with Crippen molar-refractivity contribution in [2.24, 2.45) is 4.99 Å². The van der Waals surface area contributed by atoms with Gasteiger partial charge in [-0.3, -0.25) is 9.79 Å². The molecule has 3 N–H and O–H groups in total. The summed E-state index contributed by atoms with van der Waals surface area (Å²) in [5.74, 6) is 1.44. The lowest BCUT2D eigenvalue weighted by Gasteiger charge is -2.16. The van der Waals surface area contributed by atoms with Crippen molar-refractivity contribution in [1.82, 2.24) is 16.0 Å². The molecule has 0 fully saturated rings. The molecule has 0 atom stereocenters. The molecule has 7 nitrogen and oxygen atoms in total. The van der Waals surface area contributed by atoms with Gasteiger partial charge in [-0.25, -0.2) is 0 Å². The number of nitrogens with zero attached hydrogens (tertiary/aromatic N) is 1. The zero-order chi connectivity index (χ0) is 21.8. The SMILES string of the molecule is CN=C(NCc1cccc(C(=O)NC)c1)NCc1ccc(C)cc1OCCCOC. The Morgan fingerprint density at radius 1 is 1.07 bits per heavy atom. The van der Waals surface area contributed by atoms with E-state index in [1.54, 1.807) is 27.3 Å². The van der Waals surface area contributed by atoms with Crippen LogP contribution in [0, 0.1) is 6.92 Å². The Morgan fingerprint density at radius 3 is 2.60 bits per heavy atom. The quantitative estimate of drug-likeness (QED) is 0.317. The third kappa shape index (κ3) is 7.40. The average Bonchev–Trinajstić information content (AvgIpc) is 2.77. The van der Waals surface area contributed by atoms with Gasteiger partial charge in [0.25, 0.3) is 5.91 Å². The zero-order valence-electron chi connectivity index (χ0n) is 18.2. The number of carbonyl (C=O) groups is 1. The fourth-order valence-electron chi connectivity index (χ4n) is 2.88. The van der Waals surface area contributed by atoms with E-state index in [-0.39, 0.29) is 5.91 Å². The van der Waals surface area contributed by atoms with E-state index < -0.39 is 0 Å². The number of nitrogens with one attached hydrogen (secondary N) is 3. The minimum atomic E-state index is -0.100. The largest absolute Gasteiger partial charge is 0.493 e. The van der Waals surface area contributed by atoms with Crippen molar-refractivity contribution in [3.63, 3.8) is 0 Å². The fraction of sp³-hybridized carbons (Fsp3) is 0.391. The van der Waals surface area contributed by atoms with Gasteiger partial charge in [0, 0.05) is 58.4 Å². The van der Waals surface area contributed by atoms with Gasteiger partial charge in [-0.05, 0) is 36.2 Å². The van der Waals surface area contributed by atoms with Crippen molar-refractivity contribution in [2.75, 3.05) is 34.4 Å². The molecule has 0 spiro atoms. The molecule has 1 amide bonds. The van der Waals surface area contributed by atoms with Crippen LogP contribution >= 0.6 is 0 Å². The van der Waals surface area contributed by atoms with Crippen LogP contribution in [0.5, 0.6) is 5.75 Å². The predicted molar refractivity (Wildman–Crippen MR) is 120 cm³/mol. The van der Waals surface area contributed by atoms with E-state index in [4.69, 9.17) is 9.47 Å². The maximum Gasteiger partial charge on any atom is 0.251 e. The number of ether oxygens (including phenoxy) is 2. The smallest absolute Gasteiger partial charge is 0.251 e. The van der Waals surface area contributed by atoms with E-state index in [1.165, 1.54) is 0 Å². The van der Waals surface area contributed by atoms with Crippen LogP contribution in [0.2, 0.25) is 0 Å². The van der Waals surface area contributed by atoms with E-state index in [9.17, 15) is 4.79 Å². The van der Waals surface area contributed by atoms with Crippen LogP contribution in [0.15, 0.2) is 47.5 Å². The lowest BCUT2D eigenvalue weighted by atomic mass is 10.1. The molecule has 0 aromatic heterocycles. The first-order valence-corrected chi connectivity index (χ1v) is 10.0. The van der Waals surface area contributed by atoms with Gasteiger partial charge < -0.3 is 25.4 Å². The molecule has 2 aromatic rings. The molecule has 0 aliphatic heterocycles. The molecule has 0 radical (unpaired) electrons. The number of rotatable bonds is 10. The summed E-state index contributed by atoms with van der Waals surface area (Å²) in [7, 11) is 5.04. The van der Waals surface area contributed by atoms with E-state index >= 15 is 0 Å². The summed E-state index contributed by atoms with van der Waals surface area (Å²) in [6.07, 6.45) is 0.843. The monoisotopic (exact) mass is 412 g/mol. The first kappa shape index (κ1) is 23.2.